The van der Waals surface area contributed by atoms with Crippen molar-refractivity contribution in [2.45, 2.75) is 13.5 Å². The summed E-state index contributed by atoms with van der Waals surface area (Å²) in [6, 6.07) is 18.0. The van der Waals surface area contributed by atoms with E-state index in [0.717, 1.165) is 11.3 Å². The number of carbonyl (C=O) groups excluding carboxylic acids is 3. The number of amides is 3. The summed E-state index contributed by atoms with van der Waals surface area (Å²) in [5.74, 6) is -0.995. The maximum Gasteiger partial charge on any atom is 0.278 e. The number of benzene rings is 2. The number of aromatic nitrogens is 1. The van der Waals surface area contributed by atoms with Crippen LogP contribution in [0.5, 0.6) is 0 Å². The van der Waals surface area contributed by atoms with Crippen LogP contribution in [0.3, 0.4) is 0 Å². The number of pyridine rings is 1. The molecule has 2 N–H and O–H groups in total. The Morgan fingerprint density at radius 1 is 0.941 bits per heavy atom. The van der Waals surface area contributed by atoms with Crippen LogP contribution in [-0.4, -0.2) is 41.7 Å². The fraction of sp³-hybridized carbons (Fsp3) is 0.154. The summed E-state index contributed by atoms with van der Waals surface area (Å²) in [5, 5.41) is 5.87. The molecule has 2 heterocycles. The Balaban J connectivity index is 1.70. The number of hydrogen-bond donors (Lipinski definition) is 2. The average molecular weight is 456 g/mol. The summed E-state index contributed by atoms with van der Waals surface area (Å²) >= 11 is 0. The quantitative estimate of drug-likeness (QED) is 0.530. The number of nitrogens with zero attached hydrogens (tertiary/aromatic N) is 3. The standard InChI is InChI=1S/C26H25N5O3/c1-17(32)28-20-8-6-19(7-9-20)23-24(29-21-10-12-22(13-11-21)30(2)3)26(34)31(25(23)33)16-18-5-4-14-27-15-18/h4-15,29H,16H2,1-3H3,(H,28,32). The highest BCUT2D eigenvalue weighted by Gasteiger charge is 2.39. The van der Waals surface area contributed by atoms with Crippen LogP contribution >= 0.6 is 0 Å². The number of hydrogen-bond acceptors (Lipinski definition) is 6. The van der Waals surface area contributed by atoms with Crippen LogP contribution in [0, 0.1) is 0 Å². The number of rotatable bonds is 7. The third-order valence-corrected chi connectivity index (χ3v) is 5.38. The molecule has 0 saturated carbocycles. The Morgan fingerprint density at radius 3 is 2.21 bits per heavy atom. The zero-order chi connectivity index (χ0) is 24.2. The third-order valence-electron chi connectivity index (χ3n) is 5.38. The van der Waals surface area contributed by atoms with Gasteiger partial charge < -0.3 is 15.5 Å². The van der Waals surface area contributed by atoms with E-state index in [1.165, 1.54) is 11.8 Å². The Bertz CT molecular complexity index is 1250. The summed E-state index contributed by atoms with van der Waals surface area (Å²) in [7, 11) is 3.90. The first kappa shape index (κ1) is 22.7. The molecule has 3 amide bonds. The molecule has 8 nitrogen and oxygen atoms in total. The minimum absolute atomic E-state index is 0.115. The van der Waals surface area contributed by atoms with Crippen LogP contribution < -0.4 is 15.5 Å². The number of anilines is 3. The predicted molar refractivity (Wildman–Crippen MR) is 132 cm³/mol. The van der Waals surface area contributed by atoms with E-state index in [-0.39, 0.29) is 23.7 Å². The zero-order valence-corrected chi connectivity index (χ0v) is 19.2. The lowest BCUT2D eigenvalue weighted by Crippen LogP contribution is -2.32. The van der Waals surface area contributed by atoms with E-state index in [1.54, 1.807) is 42.7 Å². The minimum atomic E-state index is -0.411. The van der Waals surface area contributed by atoms with Crippen molar-refractivity contribution < 1.29 is 14.4 Å². The van der Waals surface area contributed by atoms with Gasteiger partial charge in [-0.2, -0.15) is 0 Å². The molecule has 4 rings (SSSR count). The summed E-state index contributed by atoms with van der Waals surface area (Å²) in [4.78, 5) is 45.4. The summed E-state index contributed by atoms with van der Waals surface area (Å²) in [5.41, 5.74) is 4.13. The van der Waals surface area contributed by atoms with Gasteiger partial charge in [0.25, 0.3) is 11.8 Å². The van der Waals surface area contributed by atoms with E-state index in [9.17, 15) is 14.4 Å². The Kier molecular flexibility index (Phi) is 6.40. The van der Waals surface area contributed by atoms with Crippen molar-refractivity contribution >= 4 is 40.4 Å². The third kappa shape index (κ3) is 4.80. The van der Waals surface area contributed by atoms with Crippen LogP contribution in [-0.2, 0) is 20.9 Å². The molecule has 8 heteroatoms. The highest BCUT2D eigenvalue weighted by Crippen LogP contribution is 2.32. The molecule has 172 valence electrons. The molecule has 1 aromatic heterocycles. The van der Waals surface area contributed by atoms with Gasteiger partial charge >= 0.3 is 0 Å². The molecule has 0 fully saturated rings. The smallest absolute Gasteiger partial charge is 0.278 e. The van der Waals surface area contributed by atoms with Gasteiger partial charge in [-0.3, -0.25) is 24.3 Å². The lowest BCUT2D eigenvalue weighted by atomic mass is 10.0. The van der Waals surface area contributed by atoms with E-state index in [1.807, 2.05) is 49.3 Å². The first-order valence-corrected chi connectivity index (χ1v) is 10.8. The lowest BCUT2D eigenvalue weighted by molar-refractivity contribution is -0.137. The van der Waals surface area contributed by atoms with Crippen LogP contribution in [0.25, 0.3) is 5.57 Å². The second kappa shape index (κ2) is 9.58. The first-order chi connectivity index (χ1) is 16.3. The normalized spacial score (nSPS) is 13.3. The van der Waals surface area contributed by atoms with Crippen molar-refractivity contribution in [1.29, 1.82) is 0 Å². The SMILES string of the molecule is CC(=O)Nc1ccc(C2=C(Nc3ccc(N(C)C)cc3)C(=O)N(Cc3cccnc3)C2=O)cc1. The molecule has 0 spiro atoms. The Morgan fingerprint density at radius 2 is 1.62 bits per heavy atom. The molecule has 34 heavy (non-hydrogen) atoms. The highest BCUT2D eigenvalue weighted by molar-refractivity contribution is 6.36. The summed E-state index contributed by atoms with van der Waals surface area (Å²) in [6.07, 6.45) is 3.27. The molecule has 3 aromatic rings. The van der Waals surface area contributed by atoms with Gasteiger partial charge in [-0.05, 0) is 53.6 Å². The van der Waals surface area contributed by atoms with Gasteiger partial charge in [-0.1, -0.05) is 18.2 Å². The number of imide groups is 1. The van der Waals surface area contributed by atoms with Gasteiger partial charge in [0.1, 0.15) is 5.70 Å². The van der Waals surface area contributed by atoms with E-state index >= 15 is 0 Å². The molecule has 0 unspecified atom stereocenters. The molecule has 0 saturated heterocycles. The number of nitrogens with one attached hydrogen (secondary N) is 2. The molecule has 1 aliphatic rings. The zero-order valence-electron chi connectivity index (χ0n) is 19.2. The van der Waals surface area contributed by atoms with Crippen LogP contribution in [0.2, 0.25) is 0 Å². The van der Waals surface area contributed by atoms with Gasteiger partial charge in [-0.15, -0.1) is 0 Å². The van der Waals surface area contributed by atoms with Gasteiger partial charge in [0.05, 0.1) is 12.1 Å². The van der Waals surface area contributed by atoms with Gasteiger partial charge in [-0.25, -0.2) is 0 Å². The van der Waals surface area contributed by atoms with Gasteiger partial charge in [0, 0.05) is 50.5 Å². The average Bonchev–Trinajstić information content (AvgIpc) is 3.04. The summed E-state index contributed by atoms with van der Waals surface area (Å²) < 4.78 is 0. The van der Waals surface area contributed by atoms with Crippen LogP contribution in [0.4, 0.5) is 17.1 Å². The number of carbonyl (C=O) groups is 3. The van der Waals surface area contributed by atoms with Crippen molar-refractivity contribution in [3.05, 3.63) is 89.9 Å². The molecule has 1 aliphatic heterocycles. The fourth-order valence-corrected chi connectivity index (χ4v) is 3.69. The van der Waals surface area contributed by atoms with Crippen molar-refractivity contribution in [1.82, 2.24) is 9.88 Å². The molecular weight excluding hydrogens is 430 g/mol. The Labute approximate surface area is 197 Å². The van der Waals surface area contributed by atoms with E-state index in [2.05, 4.69) is 15.6 Å². The van der Waals surface area contributed by atoms with E-state index in [4.69, 9.17) is 0 Å². The second-order valence-electron chi connectivity index (χ2n) is 8.13. The van der Waals surface area contributed by atoms with Crippen molar-refractivity contribution in [2.75, 3.05) is 29.6 Å². The molecule has 2 aromatic carbocycles. The van der Waals surface area contributed by atoms with E-state index < -0.39 is 11.8 Å². The molecule has 0 bridgehead atoms. The maximum absolute atomic E-state index is 13.4. The largest absolute Gasteiger partial charge is 0.378 e. The molecule has 0 atom stereocenters. The monoisotopic (exact) mass is 455 g/mol. The second-order valence-corrected chi connectivity index (χ2v) is 8.13. The predicted octanol–water partition coefficient (Wildman–Crippen LogP) is 3.50. The first-order valence-electron chi connectivity index (χ1n) is 10.8. The van der Waals surface area contributed by atoms with E-state index in [0.29, 0.717) is 16.9 Å². The highest BCUT2D eigenvalue weighted by atomic mass is 16.2. The topological polar surface area (TPSA) is 94.6 Å². The Hall–Kier alpha value is -4.46. The van der Waals surface area contributed by atoms with Gasteiger partial charge in [0.15, 0.2) is 0 Å². The molecule has 0 radical (unpaired) electrons. The fourth-order valence-electron chi connectivity index (χ4n) is 3.69. The van der Waals surface area contributed by atoms with Crippen LogP contribution in [0.1, 0.15) is 18.1 Å². The minimum Gasteiger partial charge on any atom is -0.378 e. The van der Waals surface area contributed by atoms with Crippen LogP contribution in [0.15, 0.2) is 78.8 Å². The lowest BCUT2D eigenvalue weighted by Gasteiger charge is -2.16. The van der Waals surface area contributed by atoms with Gasteiger partial charge in [0.2, 0.25) is 5.91 Å². The van der Waals surface area contributed by atoms with Crippen molar-refractivity contribution in [3.8, 4) is 0 Å². The molecule has 0 aliphatic carbocycles. The maximum atomic E-state index is 13.4. The molecular formula is C26H25N5O3. The summed E-state index contributed by atoms with van der Waals surface area (Å²) in [6.45, 7) is 1.54. The van der Waals surface area contributed by atoms with Crippen molar-refractivity contribution in [2.24, 2.45) is 0 Å². The van der Waals surface area contributed by atoms with Crippen molar-refractivity contribution in [3.63, 3.8) is 0 Å².